The van der Waals surface area contributed by atoms with Crippen LogP contribution in [-0.4, -0.2) is 19.0 Å². The van der Waals surface area contributed by atoms with Crippen molar-refractivity contribution in [1.29, 1.82) is 0 Å². The Morgan fingerprint density at radius 3 is 2.35 bits per heavy atom. The first-order chi connectivity index (χ1) is 9.47. The Balaban J connectivity index is 3.01. The predicted molar refractivity (Wildman–Crippen MR) is 72.9 cm³/mol. The zero-order chi connectivity index (χ0) is 15.1. The smallest absolute Gasteiger partial charge is 0.329 e. The number of esters is 1. The maximum absolute atomic E-state index is 11.0. The van der Waals surface area contributed by atoms with Crippen molar-refractivity contribution in [2.75, 3.05) is 7.11 Å². The van der Waals surface area contributed by atoms with Crippen molar-refractivity contribution >= 4 is 17.6 Å². The third-order valence-corrected chi connectivity index (χ3v) is 2.32. The minimum atomic E-state index is -0.451. The van der Waals surface area contributed by atoms with Crippen LogP contribution in [0.5, 0.6) is 11.5 Å². The van der Waals surface area contributed by atoms with Crippen LogP contribution < -0.4 is 15.0 Å². The number of carbonyl (C=O) groups excluding carboxylic acids is 2. The second-order valence-electron chi connectivity index (χ2n) is 3.86. The van der Waals surface area contributed by atoms with E-state index in [0.29, 0.717) is 17.2 Å². The van der Waals surface area contributed by atoms with Gasteiger partial charge in [-0.2, -0.15) is 0 Å². The molecule has 0 amide bonds. The van der Waals surface area contributed by atoms with E-state index in [0.717, 1.165) is 5.56 Å². The van der Waals surface area contributed by atoms with Crippen molar-refractivity contribution in [2.24, 2.45) is 0 Å². The summed E-state index contributed by atoms with van der Waals surface area (Å²) < 4.78 is 10.2. The molecule has 0 saturated heterocycles. The summed E-state index contributed by atoms with van der Waals surface area (Å²) in [6, 6.07) is 4.99. The van der Waals surface area contributed by atoms with Gasteiger partial charge in [0.05, 0.1) is 12.8 Å². The van der Waals surface area contributed by atoms with E-state index in [2.05, 4.69) is 5.48 Å². The van der Waals surface area contributed by atoms with E-state index in [9.17, 15) is 9.59 Å². The molecule has 1 aromatic carbocycles. The maximum atomic E-state index is 11.0. The first-order valence-corrected chi connectivity index (χ1v) is 5.94. The first-order valence-electron chi connectivity index (χ1n) is 5.94. The molecule has 0 saturated carbocycles. The lowest BCUT2D eigenvalue weighted by molar-refractivity contribution is -0.145. The highest BCUT2D eigenvalue weighted by Gasteiger charge is 2.10. The minimum Gasteiger partial charge on any atom is -0.493 e. The molecule has 0 aromatic heterocycles. The summed E-state index contributed by atoms with van der Waals surface area (Å²) in [5.74, 6) is -0.151. The van der Waals surface area contributed by atoms with Crippen molar-refractivity contribution in [3.05, 3.63) is 29.8 Å². The lowest BCUT2D eigenvalue weighted by atomic mass is 10.1. The number of rotatable bonds is 5. The molecule has 20 heavy (non-hydrogen) atoms. The van der Waals surface area contributed by atoms with Gasteiger partial charge in [-0.1, -0.05) is 6.08 Å². The average Bonchev–Trinajstić information content (AvgIpc) is 2.39. The number of allylic oxidation sites excluding steroid dienone is 1. The standard InChI is InChI=1S/C14H17NO5/c1-5-12(15-20-10(3)17)11-6-7-13(19-9(2)16)14(8-11)18-4/h5-8,15H,1-4H3/b12-5+. The van der Waals surface area contributed by atoms with Gasteiger partial charge in [-0.05, 0) is 25.1 Å². The molecule has 6 nitrogen and oxygen atoms in total. The largest absolute Gasteiger partial charge is 0.493 e. The molecular formula is C14H17NO5. The highest BCUT2D eigenvalue weighted by atomic mass is 16.7. The van der Waals surface area contributed by atoms with Crippen LogP contribution >= 0.6 is 0 Å². The van der Waals surface area contributed by atoms with Crippen molar-refractivity contribution in [2.45, 2.75) is 20.8 Å². The summed E-state index contributed by atoms with van der Waals surface area (Å²) in [7, 11) is 1.47. The van der Waals surface area contributed by atoms with Gasteiger partial charge in [0.2, 0.25) is 0 Å². The van der Waals surface area contributed by atoms with Crippen LogP contribution in [0, 0.1) is 0 Å². The molecular weight excluding hydrogens is 262 g/mol. The second-order valence-corrected chi connectivity index (χ2v) is 3.86. The lowest BCUT2D eigenvalue weighted by Crippen LogP contribution is -2.16. The molecule has 0 heterocycles. The third-order valence-electron chi connectivity index (χ3n) is 2.32. The monoisotopic (exact) mass is 279 g/mol. The Bertz CT molecular complexity index is 536. The summed E-state index contributed by atoms with van der Waals surface area (Å²) in [4.78, 5) is 26.5. The molecule has 0 aliphatic heterocycles. The highest BCUT2D eigenvalue weighted by molar-refractivity contribution is 5.73. The van der Waals surface area contributed by atoms with E-state index in [1.165, 1.54) is 21.0 Å². The van der Waals surface area contributed by atoms with Gasteiger partial charge in [-0.25, -0.2) is 5.48 Å². The highest BCUT2D eigenvalue weighted by Crippen LogP contribution is 2.30. The second kappa shape index (κ2) is 7.18. The number of ether oxygens (including phenoxy) is 2. The van der Waals surface area contributed by atoms with Crippen LogP contribution in [0.4, 0.5) is 0 Å². The van der Waals surface area contributed by atoms with Crippen molar-refractivity contribution < 1.29 is 23.9 Å². The maximum Gasteiger partial charge on any atom is 0.329 e. The Morgan fingerprint density at radius 1 is 1.15 bits per heavy atom. The average molecular weight is 279 g/mol. The summed E-state index contributed by atoms with van der Waals surface area (Å²) in [5.41, 5.74) is 3.86. The van der Waals surface area contributed by atoms with Gasteiger partial charge in [-0.3, -0.25) is 9.59 Å². The van der Waals surface area contributed by atoms with Crippen LogP contribution in [0.15, 0.2) is 24.3 Å². The fraction of sp³-hybridized carbons (Fsp3) is 0.286. The van der Waals surface area contributed by atoms with Crippen molar-refractivity contribution in [3.8, 4) is 11.5 Å². The van der Waals surface area contributed by atoms with E-state index >= 15 is 0 Å². The fourth-order valence-corrected chi connectivity index (χ4v) is 1.49. The predicted octanol–water partition coefficient (Wildman–Crippen LogP) is 2.05. The van der Waals surface area contributed by atoms with Gasteiger partial charge in [-0.15, -0.1) is 0 Å². The van der Waals surface area contributed by atoms with Gasteiger partial charge in [0.1, 0.15) is 0 Å². The quantitative estimate of drug-likeness (QED) is 0.505. The summed E-state index contributed by atoms with van der Waals surface area (Å²) >= 11 is 0. The molecule has 1 N–H and O–H groups in total. The van der Waals surface area contributed by atoms with Crippen molar-refractivity contribution in [1.82, 2.24) is 5.48 Å². The summed E-state index contributed by atoms with van der Waals surface area (Å²) in [6.45, 7) is 4.40. The Labute approximate surface area is 117 Å². The lowest BCUT2D eigenvalue weighted by Gasteiger charge is -2.13. The summed E-state index contributed by atoms with van der Waals surface area (Å²) in [5, 5.41) is 0. The molecule has 0 aliphatic rings. The van der Waals surface area contributed by atoms with Gasteiger partial charge in [0.25, 0.3) is 0 Å². The van der Waals surface area contributed by atoms with Crippen LogP contribution in [0.25, 0.3) is 5.70 Å². The molecule has 1 rings (SSSR count). The molecule has 108 valence electrons. The molecule has 6 heteroatoms. The molecule has 0 spiro atoms. The van der Waals surface area contributed by atoms with Gasteiger partial charge >= 0.3 is 11.9 Å². The van der Waals surface area contributed by atoms with E-state index in [4.69, 9.17) is 14.3 Å². The van der Waals surface area contributed by atoms with E-state index in [1.807, 2.05) is 0 Å². The summed E-state index contributed by atoms with van der Waals surface area (Å²) in [6.07, 6.45) is 1.74. The molecule has 0 bridgehead atoms. The van der Waals surface area contributed by atoms with Crippen LogP contribution in [-0.2, 0) is 14.4 Å². The number of hydrogen-bond acceptors (Lipinski definition) is 6. The third kappa shape index (κ3) is 4.31. The minimum absolute atomic E-state index is 0.326. The Kier molecular flexibility index (Phi) is 5.58. The number of hydroxylamine groups is 1. The molecule has 0 radical (unpaired) electrons. The van der Waals surface area contributed by atoms with Crippen molar-refractivity contribution in [3.63, 3.8) is 0 Å². The topological polar surface area (TPSA) is 73.9 Å². The Hall–Kier alpha value is -2.50. The SMILES string of the molecule is C/C=C(/NOC(C)=O)c1ccc(OC(C)=O)c(OC)c1. The van der Waals surface area contributed by atoms with E-state index in [1.54, 1.807) is 31.2 Å². The normalized spacial score (nSPS) is 10.7. The van der Waals surface area contributed by atoms with Gasteiger partial charge < -0.3 is 14.3 Å². The number of carbonyl (C=O) groups is 2. The number of hydrogen-bond donors (Lipinski definition) is 1. The van der Waals surface area contributed by atoms with Gasteiger partial charge in [0.15, 0.2) is 11.5 Å². The van der Waals surface area contributed by atoms with Crippen LogP contribution in [0.3, 0.4) is 0 Å². The van der Waals surface area contributed by atoms with Crippen LogP contribution in [0.2, 0.25) is 0 Å². The van der Waals surface area contributed by atoms with E-state index in [-0.39, 0.29) is 0 Å². The zero-order valence-corrected chi connectivity index (χ0v) is 11.9. The number of benzene rings is 1. The molecule has 0 atom stereocenters. The van der Waals surface area contributed by atoms with Crippen LogP contribution in [0.1, 0.15) is 26.3 Å². The first kappa shape index (κ1) is 15.6. The molecule has 0 unspecified atom stereocenters. The molecule has 0 aliphatic carbocycles. The molecule has 0 fully saturated rings. The number of nitrogens with one attached hydrogen (secondary N) is 1. The van der Waals surface area contributed by atoms with E-state index < -0.39 is 11.9 Å². The number of methoxy groups -OCH3 is 1. The Morgan fingerprint density at radius 2 is 1.85 bits per heavy atom. The molecule has 1 aromatic rings. The van der Waals surface area contributed by atoms with Gasteiger partial charge in [0, 0.05) is 19.4 Å². The zero-order valence-electron chi connectivity index (χ0n) is 11.9. The fourth-order valence-electron chi connectivity index (χ4n) is 1.49.